The molecule has 2 rings (SSSR count). The first-order valence-corrected chi connectivity index (χ1v) is 7.18. The first kappa shape index (κ1) is 11.5. The van der Waals surface area contributed by atoms with E-state index in [1.165, 1.54) is 44.9 Å². The van der Waals surface area contributed by atoms with E-state index in [9.17, 15) is 0 Å². The maximum Gasteiger partial charge on any atom is -0.0297 e. The summed E-state index contributed by atoms with van der Waals surface area (Å²) >= 11 is 0. The molecule has 0 heterocycles. The van der Waals surface area contributed by atoms with Crippen LogP contribution in [-0.4, -0.2) is 0 Å². The van der Waals surface area contributed by atoms with E-state index >= 15 is 0 Å². The van der Waals surface area contributed by atoms with Crippen LogP contribution in [0.3, 0.4) is 0 Å². The van der Waals surface area contributed by atoms with E-state index in [1.54, 1.807) is 25.7 Å². The molecule has 0 heteroatoms. The first-order valence-electron chi connectivity index (χ1n) is 7.18. The third-order valence-electron chi connectivity index (χ3n) is 5.29. The fourth-order valence-corrected chi connectivity index (χ4v) is 4.04. The fourth-order valence-electron chi connectivity index (χ4n) is 4.04. The Morgan fingerprint density at radius 2 is 1.40 bits per heavy atom. The molecule has 0 aromatic heterocycles. The van der Waals surface area contributed by atoms with Crippen LogP contribution >= 0.6 is 0 Å². The smallest absolute Gasteiger partial charge is 0.0297 e. The second kappa shape index (κ2) is 4.47. The first-order chi connectivity index (χ1) is 7.18. The molecule has 0 aromatic rings. The maximum absolute atomic E-state index is 2.53. The predicted octanol–water partition coefficient (Wildman–Crippen LogP) is 5.32. The van der Waals surface area contributed by atoms with Crippen LogP contribution in [0.4, 0.5) is 0 Å². The van der Waals surface area contributed by atoms with Crippen LogP contribution in [0.25, 0.3) is 0 Å². The number of hydrogen-bond acceptors (Lipinski definition) is 0. The molecular formula is C15H28. The molecule has 0 saturated heterocycles. The summed E-state index contributed by atoms with van der Waals surface area (Å²) in [5, 5.41) is 0. The molecule has 0 aliphatic heterocycles. The molecule has 0 radical (unpaired) electrons. The Labute approximate surface area is 95.8 Å². The van der Waals surface area contributed by atoms with Crippen molar-refractivity contribution in [2.45, 2.75) is 84.5 Å². The minimum Gasteiger partial charge on any atom is -0.0654 e. The van der Waals surface area contributed by atoms with Crippen molar-refractivity contribution in [1.29, 1.82) is 0 Å². The van der Waals surface area contributed by atoms with Crippen molar-refractivity contribution in [3.8, 4) is 0 Å². The normalized spacial score (nSPS) is 29.2. The molecule has 88 valence electrons. The molecule has 15 heavy (non-hydrogen) atoms. The van der Waals surface area contributed by atoms with E-state index in [0.717, 1.165) is 5.41 Å². The lowest BCUT2D eigenvalue weighted by Crippen LogP contribution is -2.34. The molecule has 0 atom stereocenters. The Hall–Kier alpha value is 0. The van der Waals surface area contributed by atoms with Crippen molar-refractivity contribution in [3.63, 3.8) is 0 Å². The van der Waals surface area contributed by atoms with Crippen LogP contribution in [0, 0.1) is 10.8 Å². The summed E-state index contributed by atoms with van der Waals surface area (Å²) in [4.78, 5) is 0. The van der Waals surface area contributed by atoms with Crippen molar-refractivity contribution >= 4 is 0 Å². The number of hydrogen-bond donors (Lipinski definition) is 0. The van der Waals surface area contributed by atoms with Crippen LogP contribution in [0.5, 0.6) is 0 Å². The van der Waals surface area contributed by atoms with E-state index < -0.39 is 0 Å². The quantitative estimate of drug-likeness (QED) is 0.576. The van der Waals surface area contributed by atoms with Crippen LogP contribution in [-0.2, 0) is 0 Å². The third kappa shape index (κ3) is 2.57. The Balaban J connectivity index is 1.90. The fraction of sp³-hybridized carbons (Fsp3) is 1.00. The zero-order valence-electron chi connectivity index (χ0n) is 10.8. The monoisotopic (exact) mass is 208 g/mol. The highest BCUT2D eigenvalue weighted by Crippen LogP contribution is 2.53. The summed E-state index contributed by atoms with van der Waals surface area (Å²) in [6.45, 7) is 4.88. The van der Waals surface area contributed by atoms with Crippen molar-refractivity contribution in [3.05, 3.63) is 0 Å². The molecule has 2 aliphatic rings. The van der Waals surface area contributed by atoms with Gasteiger partial charge in [-0.15, -0.1) is 0 Å². The predicted molar refractivity (Wildman–Crippen MR) is 67.0 cm³/mol. The third-order valence-corrected chi connectivity index (χ3v) is 5.29. The lowest BCUT2D eigenvalue weighted by molar-refractivity contribution is 0.0501. The summed E-state index contributed by atoms with van der Waals surface area (Å²) in [5.41, 5.74) is 1.52. The van der Waals surface area contributed by atoms with Crippen LogP contribution in [0.15, 0.2) is 0 Å². The molecule has 0 nitrogen and oxygen atoms in total. The summed E-state index contributed by atoms with van der Waals surface area (Å²) in [5.74, 6) is 0. The standard InChI is InChI=1S/C15H28/c1-3-7-14(2)10-12-15(13-11-14)8-5-4-6-9-15/h3-13H2,1-2H3. The summed E-state index contributed by atoms with van der Waals surface area (Å²) < 4.78 is 0. The molecule has 2 saturated carbocycles. The summed E-state index contributed by atoms with van der Waals surface area (Å²) in [7, 11) is 0. The topological polar surface area (TPSA) is 0 Å². The Morgan fingerprint density at radius 1 is 0.800 bits per heavy atom. The largest absolute Gasteiger partial charge is 0.0654 e. The highest BCUT2D eigenvalue weighted by Gasteiger charge is 2.40. The number of rotatable bonds is 2. The second-order valence-corrected chi connectivity index (χ2v) is 6.62. The van der Waals surface area contributed by atoms with E-state index in [4.69, 9.17) is 0 Å². The van der Waals surface area contributed by atoms with Gasteiger partial charge in [-0.1, -0.05) is 39.5 Å². The molecule has 0 bridgehead atoms. The van der Waals surface area contributed by atoms with Gasteiger partial charge in [0.05, 0.1) is 0 Å². The molecule has 0 unspecified atom stereocenters. The van der Waals surface area contributed by atoms with Gasteiger partial charge in [-0.05, 0) is 55.8 Å². The lowest BCUT2D eigenvalue weighted by Gasteiger charge is -2.47. The Bertz CT molecular complexity index is 188. The Morgan fingerprint density at radius 3 is 1.93 bits per heavy atom. The van der Waals surface area contributed by atoms with Gasteiger partial charge in [0.15, 0.2) is 0 Å². The van der Waals surface area contributed by atoms with Crippen LogP contribution < -0.4 is 0 Å². The molecule has 2 fully saturated rings. The van der Waals surface area contributed by atoms with Crippen molar-refractivity contribution in [2.24, 2.45) is 10.8 Å². The molecule has 2 aliphatic carbocycles. The molecule has 0 N–H and O–H groups in total. The average Bonchev–Trinajstić information content (AvgIpc) is 2.25. The summed E-state index contributed by atoms with van der Waals surface area (Å²) in [6, 6.07) is 0. The zero-order chi connectivity index (χ0) is 10.8. The van der Waals surface area contributed by atoms with E-state index in [-0.39, 0.29) is 0 Å². The SMILES string of the molecule is CCCC1(C)CCC2(CCCCC2)CC1. The van der Waals surface area contributed by atoms with Gasteiger partial charge in [0.25, 0.3) is 0 Å². The maximum atomic E-state index is 2.53. The van der Waals surface area contributed by atoms with Gasteiger partial charge in [0, 0.05) is 0 Å². The highest BCUT2D eigenvalue weighted by molar-refractivity contribution is 4.92. The van der Waals surface area contributed by atoms with Gasteiger partial charge in [0.2, 0.25) is 0 Å². The van der Waals surface area contributed by atoms with Crippen LogP contribution in [0.2, 0.25) is 0 Å². The zero-order valence-corrected chi connectivity index (χ0v) is 10.8. The molecular weight excluding hydrogens is 180 g/mol. The van der Waals surface area contributed by atoms with Gasteiger partial charge in [-0.25, -0.2) is 0 Å². The van der Waals surface area contributed by atoms with Crippen LogP contribution in [0.1, 0.15) is 84.5 Å². The average molecular weight is 208 g/mol. The van der Waals surface area contributed by atoms with Gasteiger partial charge < -0.3 is 0 Å². The summed E-state index contributed by atoms with van der Waals surface area (Å²) in [6.07, 6.45) is 16.6. The highest BCUT2D eigenvalue weighted by atomic mass is 14.4. The van der Waals surface area contributed by atoms with Gasteiger partial charge >= 0.3 is 0 Å². The molecule has 0 amide bonds. The van der Waals surface area contributed by atoms with E-state index in [2.05, 4.69) is 13.8 Å². The van der Waals surface area contributed by atoms with Gasteiger partial charge in [0.1, 0.15) is 0 Å². The van der Waals surface area contributed by atoms with Gasteiger partial charge in [-0.2, -0.15) is 0 Å². The Kier molecular flexibility index (Phi) is 3.42. The second-order valence-electron chi connectivity index (χ2n) is 6.62. The van der Waals surface area contributed by atoms with E-state index in [0.29, 0.717) is 5.41 Å². The minimum absolute atomic E-state index is 0.706. The van der Waals surface area contributed by atoms with Crippen molar-refractivity contribution in [2.75, 3.05) is 0 Å². The van der Waals surface area contributed by atoms with E-state index in [1.807, 2.05) is 0 Å². The molecule has 1 spiro atoms. The lowest BCUT2D eigenvalue weighted by atomic mass is 9.58. The van der Waals surface area contributed by atoms with Crippen molar-refractivity contribution < 1.29 is 0 Å². The van der Waals surface area contributed by atoms with Crippen molar-refractivity contribution in [1.82, 2.24) is 0 Å². The minimum atomic E-state index is 0.706. The molecule has 0 aromatic carbocycles. The van der Waals surface area contributed by atoms with Gasteiger partial charge in [-0.3, -0.25) is 0 Å².